The molecule has 4 aromatic rings. The van der Waals surface area contributed by atoms with Gasteiger partial charge in [-0.15, -0.1) is 0 Å². The molecule has 3 aliphatic heterocycles. The smallest absolute Gasteiger partial charge is 0.386 e. The molecule has 20 nitrogen and oxygen atoms in total. The van der Waals surface area contributed by atoms with E-state index in [1.165, 1.54) is 28.0 Å². The molecule has 0 bridgehead atoms. The summed E-state index contributed by atoms with van der Waals surface area (Å²) in [5.74, 6) is 0.167. The maximum absolute atomic E-state index is 15.9. The van der Waals surface area contributed by atoms with E-state index in [1.807, 2.05) is 0 Å². The molecule has 3 aliphatic rings. The molecule has 7 N–H and O–H groups in total. The largest absolute Gasteiger partial charge is 0.472 e. The number of alkyl halides is 1. The summed E-state index contributed by atoms with van der Waals surface area (Å²) in [7, 11) is -9.74. The number of rotatable bonds is 2. The highest BCUT2D eigenvalue weighted by Gasteiger charge is 2.53. The Labute approximate surface area is 245 Å². The van der Waals surface area contributed by atoms with Gasteiger partial charge in [-0.2, -0.15) is 13.1 Å². The van der Waals surface area contributed by atoms with Gasteiger partial charge in [0, 0.05) is 12.7 Å². The molecule has 0 aliphatic carbocycles. The van der Waals surface area contributed by atoms with Crippen LogP contribution in [-0.2, 0) is 37.6 Å². The highest BCUT2D eigenvalue weighted by molar-refractivity contribution is 7.84. The number of imidazole rings is 1. The Morgan fingerprint density at radius 2 is 1.73 bits per heavy atom. The van der Waals surface area contributed by atoms with Gasteiger partial charge in [0.2, 0.25) is 0 Å². The van der Waals surface area contributed by atoms with E-state index in [-0.39, 0.29) is 28.4 Å². The highest BCUT2D eigenvalue weighted by atomic mass is 32.2. The molecular formula is C21H24FN10O10PS. The molecule has 3 saturated heterocycles. The van der Waals surface area contributed by atoms with Gasteiger partial charge in [-0.3, -0.25) is 13.6 Å². The molecule has 0 aromatic carbocycles. The first-order valence-corrected chi connectivity index (χ1v) is 15.8. The van der Waals surface area contributed by atoms with Crippen LogP contribution in [0.4, 0.5) is 16.0 Å². The first-order valence-electron chi connectivity index (χ1n) is 12.9. The number of phosphoric ester groups is 1. The average molecular weight is 659 g/mol. The average Bonchev–Trinajstić information content (AvgIpc) is 3.73. The minimum absolute atomic E-state index is 0.0163. The van der Waals surface area contributed by atoms with Crippen molar-refractivity contribution in [3.8, 4) is 0 Å². The molecule has 0 spiro atoms. The Kier molecular flexibility index (Phi) is 7.04. The van der Waals surface area contributed by atoms with Crippen LogP contribution >= 0.6 is 7.82 Å². The van der Waals surface area contributed by atoms with Crippen molar-refractivity contribution >= 4 is 52.0 Å². The minimum Gasteiger partial charge on any atom is -0.386 e. The lowest BCUT2D eigenvalue weighted by Gasteiger charge is -2.26. The van der Waals surface area contributed by atoms with Crippen molar-refractivity contribution in [3.05, 3.63) is 31.2 Å². The van der Waals surface area contributed by atoms with E-state index in [0.29, 0.717) is 5.39 Å². The molecule has 0 amide bonds. The van der Waals surface area contributed by atoms with Crippen LogP contribution in [-0.4, -0.2) is 102 Å². The lowest BCUT2D eigenvalue weighted by Crippen LogP contribution is -2.45. The number of nitrogens with one attached hydrogen (secondary N) is 1. The fourth-order valence-electron chi connectivity index (χ4n) is 5.38. The van der Waals surface area contributed by atoms with Crippen molar-refractivity contribution in [3.63, 3.8) is 0 Å². The molecule has 44 heavy (non-hydrogen) atoms. The number of nitrogens with two attached hydrogens (primary N) is 2. The van der Waals surface area contributed by atoms with Crippen molar-refractivity contribution in [2.45, 2.75) is 49.1 Å². The number of aromatic nitrogens is 7. The number of nitrogens with zero attached hydrogens (tertiary/aromatic N) is 7. The number of nitrogen functional groups attached to an aromatic ring is 2. The first-order chi connectivity index (χ1) is 20.9. The minimum atomic E-state index is -5.06. The second kappa shape index (κ2) is 10.6. The van der Waals surface area contributed by atoms with Crippen LogP contribution in [0, 0.1) is 0 Å². The summed E-state index contributed by atoms with van der Waals surface area (Å²) in [6, 6.07) is 1.56. The molecule has 23 heteroatoms. The quantitative estimate of drug-likeness (QED) is 0.156. The van der Waals surface area contributed by atoms with E-state index in [4.69, 9.17) is 34.2 Å². The molecular weight excluding hydrogens is 634 g/mol. The normalized spacial score (nSPS) is 36.1. The molecule has 0 radical (unpaired) electrons. The van der Waals surface area contributed by atoms with Crippen LogP contribution < -0.4 is 16.2 Å². The topological polar surface area (TPSA) is 276 Å². The number of anilines is 2. The summed E-state index contributed by atoms with van der Waals surface area (Å²) in [4.78, 5) is 30.5. The second-order valence-electron chi connectivity index (χ2n) is 10.1. The van der Waals surface area contributed by atoms with E-state index in [9.17, 15) is 23.0 Å². The van der Waals surface area contributed by atoms with Crippen molar-refractivity contribution in [1.82, 2.24) is 38.8 Å². The van der Waals surface area contributed by atoms with E-state index in [0.717, 1.165) is 6.33 Å². The van der Waals surface area contributed by atoms with Crippen LogP contribution in [0.2, 0.25) is 0 Å². The number of aliphatic hydroxyl groups excluding tert-OH is 1. The van der Waals surface area contributed by atoms with Crippen LogP contribution in [0.3, 0.4) is 0 Å². The van der Waals surface area contributed by atoms with Gasteiger partial charge >= 0.3 is 18.1 Å². The maximum Gasteiger partial charge on any atom is 0.472 e. The van der Waals surface area contributed by atoms with Gasteiger partial charge in [0.1, 0.15) is 60.2 Å². The molecule has 9 atom stereocenters. The van der Waals surface area contributed by atoms with E-state index < -0.39 is 80.4 Å². The molecule has 1 unspecified atom stereocenters. The summed E-state index contributed by atoms with van der Waals surface area (Å²) in [6.45, 7) is -1.48. The molecule has 4 aromatic heterocycles. The maximum atomic E-state index is 15.9. The van der Waals surface area contributed by atoms with Gasteiger partial charge in [0.15, 0.2) is 30.1 Å². The summed E-state index contributed by atoms with van der Waals surface area (Å²) >= 11 is 0. The number of ether oxygens (including phenoxy) is 2. The lowest BCUT2D eigenvalue weighted by molar-refractivity contribution is -0.0541. The molecule has 7 heterocycles. The van der Waals surface area contributed by atoms with Crippen molar-refractivity contribution in [2.24, 2.45) is 0 Å². The number of hydrogen-bond acceptors (Lipinski definition) is 16. The summed E-state index contributed by atoms with van der Waals surface area (Å²) in [5.41, 5.74) is 12.2. The predicted octanol–water partition coefficient (Wildman–Crippen LogP) is -1.34. The van der Waals surface area contributed by atoms with Gasteiger partial charge in [0.25, 0.3) is 0 Å². The molecule has 7 rings (SSSR count). The predicted molar refractivity (Wildman–Crippen MR) is 143 cm³/mol. The summed E-state index contributed by atoms with van der Waals surface area (Å²) < 4.78 is 86.7. The van der Waals surface area contributed by atoms with Crippen molar-refractivity contribution in [1.29, 1.82) is 0 Å². The second-order valence-corrected chi connectivity index (χ2v) is 12.9. The number of aliphatic hydroxyl groups is 1. The molecule has 3 fully saturated rings. The van der Waals surface area contributed by atoms with Crippen LogP contribution in [0.25, 0.3) is 22.2 Å². The van der Waals surface area contributed by atoms with E-state index >= 15 is 4.39 Å². The zero-order valence-corrected chi connectivity index (χ0v) is 23.8. The molecule has 236 valence electrons. The Morgan fingerprint density at radius 3 is 2.52 bits per heavy atom. The summed E-state index contributed by atoms with van der Waals surface area (Å²) in [5, 5.41) is 11.6. The van der Waals surface area contributed by atoms with Crippen LogP contribution in [0.15, 0.2) is 31.2 Å². The Morgan fingerprint density at radius 1 is 1.00 bits per heavy atom. The number of phosphoric acid groups is 1. The molecule has 0 saturated carbocycles. The fraction of sp³-hybridized carbons (Fsp3) is 0.476. The first kappa shape index (κ1) is 29.3. The number of halogens is 1. The Balaban J connectivity index is 1.17. The van der Waals surface area contributed by atoms with Crippen molar-refractivity contribution < 1.29 is 50.1 Å². The zero-order chi connectivity index (χ0) is 31.0. The van der Waals surface area contributed by atoms with Gasteiger partial charge in [-0.05, 0) is 6.07 Å². The van der Waals surface area contributed by atoms with Crippen LogP contribution in [0.5, 0.6) is 0 Å². The van der Waals surface area contributed by atoms with Gasteiger partial charge in [-0.25, -0.2) is 38.1 Å². The Hall–Kier alpha value is -3.44. The zero-order valence-electron chi connectivity index (χ0n) is 22.1. The highest BCUT2D eigenvalue weighted by Crippen LogP contribution is 2.50. The SMILES string of the molecule is Nc1ncnc2c1ccn2[C@@H]1O[C@@H]2COP(=O)(O)O[C@H]3[C@@H](F)[C@H](n4cnc5c(N)ncnc54)O[C@@H]3CNS(=O)(=O)O[C@H]2[C@H]1O. The van der Waals surface area contributed by atoms with Gasteiger partial charge in [-0.1, -0.05) is 0 Å². The third kappa shape index (κ3) is 4.98. The van der Waals surface area contributed by atoms with Crippen molar-refractivity contribution in [2.75, 3.05) is 24.6 Å². The third-order valence-corrected chi connectivity index (χ3v) is 9.39. The fourth-order valence-corrected chi connectivity index (χ4v) is 7.30. The Bertz CT molecular complexity index is 1900. The van der Waals surface area contributed by atoms with E-state index in [1.54, 1.807) is 6.07 Å². The number of hydrogen-bond donors (Lipinski definition) is 5. The van der Waals surface area contributed by atoms with Crippen LogP contribution in [0.1, 0.15) is 12.5 Å². The van der Waals surface area contributed by atoms with E-state index in [2.05, 4.69) is 29.6 Å². The van der Waals surface area contributed by atoms with Gasteiger partial charge in [0.05, 0.1) is 18.3 Å². The lowest BCUT2D eigenvalue weighted by atomic mass is 10.1. The van der Waals surface area contributed by atoms with Gasteiger partial charge < -0.3 is 35.5 Å². The number of fused-ring (bicyclic) bond motifs is 4. The summed E-state index contributed by atoms with van der Waals surface area (Å²) in [6.07, 6.45) is -8.02. The monoisotopic (exact) mass is 658 g/mol. The third-order valence-electron chi connectivity index (χ3n) is 7.41. The standard InChI is InChI=1S/C21H24FN10O10PS/c22-11-14-9(39-20(11)32-7-29-12-17(24)26-6-28-19(12)32)3-30-44(36,37)42-15-10(4-38-43(34,35)41-14)40-21(13(15)33)31-2-1-8-16(23)25-5-27-18(8)31/h1-2,5-7,9-11,13-15,20-21,30,33H,3-4H2,(H,34,35)(H2,23,25,27)(H2,24,26,28)/t9-,10-,11-,13-,14-,15-,20-,21-/m1/s1.